The van der Waals surface area contributed by atoms with Gasteiger partial charge >= 0.3 is 35.5 Å². The van der Waals surface area contributed by atoms with Gasteiger partial charge in [0, 0.05) is 0 Å². The van der Waals surface area contributed by atoms with Gasteiger partial charge in [0.1, 0.15) is 0 Å². The van der Waals surface area contributed by atoms with Crippen molar-refractivity contribution in [3.63, 3.8) is 0 Å². The molecule has 0 radical (unpaired) electrons. The van der Waals surface area contributed by atoms with Crippen molar-refractivity contribution in [1.82, 2.24) is 0 Å². The first-order valence-corrected chi connectivity index (χ1v) is 3.45. The summed E-state index contributed by atoms with van der Waals surface area (Å²) < 4.78 is 31.9. The van der Waals surface area contributed by atoms with Crippen molar-refractivity contribution in [2.75, 3.05) is 0 Å². The van der Waals surface area contributed by atoms with Crippen LogP contribution in [0.25, 0.3) is 0 Å². The summed E-state index contributed by atoms with van der Waals surface area (Å²) >= 11 is 0. The molecule has 0 aromatic heterocycles. The van der Waals surface area contributed by atoms with Crippen molar-refractivity contribution in [3.05, 3.63) is 0 Å². The molecule has 0 bridgehead atoms. The van der Waals surface area contributed by atoms with Crippen LogP contribution in [-0.2, 0) is 14.6 Å². The first-order valence-electron chi connectivity index (χ1n) is 2.12. The minimum atomic E-state index is -5.29. The van der Waals surface area contributed by atoms with Crippen LogP contribution in [0.5, 0.6) is 0 Å². The molecule has 0 aliphatic carbocycles. The molecule has 0 aromatic rings. The van der Waals surface area contributed by atoms with Gasteiger partial charge in [-0.25, -0.2) is 12.6 Å². The molecule has 0 fully saturated rings. The summed E-state index contributed by atoms with van der Waals surface area (Å²) in [6.45, 7) is 0. The fraction of sp³-hybridized carbons (Fsp3) is 1.00. The molecule has 1 unspecified atom stereocenters. The van der Waals surface area contributed by atoms with E-state index in [0.29, 0.717) is 0 Å². The van der Waals surface area contributed by atoms with Crippen molar-refractivity contribution < 1.29 is 67.1 Å². The molecule has 0 saturated heterocycles. The van der Waals surface area contributed by atoms with E-state index in [2.05, 4.69) is 4.18 Å². The van der Waals surface area contributed by atoms with E-state index in [0.717, 1.165) is 0 Å². The van der Waals surface area contributed by atoms with Crippen molar-refractivity contribution in [1.29, 1.82) is 0 Å². The van der Waals surface area contributed by atoms with Crippen LogP contribution >= 0.6 is 0 Å². The molecule has 8 nitrogen and oxygen atoms in total. The summed E-state index contributed by atoms with van der Waals surface area (Å²) in [4.78, 5) is 0. The smallest absolute Gasteiger partial charge is 0.725 e. The van der Waals surface area contributed by atoms with E-state index in [9.17, 15) is 13.0 Å². The third kappa shape index (κ3) is 7.36. The average Bonchev–Trinajstić information content (AvgIpc) is 1.56. The average molecular weight is 212 g/mol. The molecule has 10 heteroatoms. The van der Waals surface area contributed by atoms with Gasteiger partial charge in [-0.05, 0) is 0 Å². The maximum Gasteiger partial charge on any atom is 1.00 e. The third-order valence-electron chi connectivity index (χ3n) is 0.540. The molecule has 0 aromatic carbocycles. The van der Waals surface area contributed by atoms with E-state index in [1.54, 1.807) is 0 Å². The van der Waals surface area contributed by atoms with Crippen LogP contribution in [0.4, 0.5) is 0 Å². The quantitative estimate of drug-likeness (QED) is 0.156. The Kier molecular flexibility index (Phi) is 6.09. The zero-order chi connectivity index (χ0) is 9.28. The van der Waals surface area contributed by atoms with E-state index < -0.39 is 22.7 Å². The fourth-order valence-electron chi connectivity index (χ4n) is 0.176. The van der Waals surface area contributed by atoms with Gasteiger partial charge in [0.25, 0.3) is 6.29 Å². The van der Waals surface area contributed by atoms with Crippen molar-refractivity contribution in [3.8, 4) is 0 Å². The summed E-state index contributed by atoms with van der Waals surface area (Å²) in [6, 6.07) is 0. The van der Waals surface area contributed by atoms with Gasteiger partial charge in [-0.2, -0.15) is 0 Å². The zero-order valence-corrected chi connectivity index (χ0v) is 8.72. The van der Waals surface area contributed by atoms with Crippen LogP contribution in [0.15, 0.2) is 0 Å². The van der Waals surface area contributed by atoms with Gasteiger partial charge < -0.3 is 25.0 Å². The Balaban J connectivity index is 0. The van der Waals surface area contributed by atoms with Crippen LogP contribution in [0, 0.1) is 0 Å². The Morgan fingerprint density at radius 3 is 1.75 bits per heavy atom. The predicted molar refractivity (Wildman–Crippen MR) is 26.2 cm³/mol. The Morgan fingerprint density at radius 2 is 1.67 bits per heavy atom. The van der Waals surface area contributed by atoms with E-state index in [-0.39, 0.29) is 29.6 Å². The monoisotopic (exact) mass is 212 g/mol. The summed E-state index contributed by atoms with van der Waals surface area (Å²) in [5, 5.41) is 32.1. The van der Waals surface area contributed by atoms with Crippen LogP contribution in [0.3, 0.4) is 0 Å². The normalized spacial score (nSPS) is 15.1. The number of hydrogen-bond acceptors (Lipinski definition) is 8. The Hall–Kier alpha value is 0.710. The summed E-state index contributed by atoms with van der Waals surface area (Å²) in [5.41, 5.74) is 0. The number of aliphatic hydroxyl groups is 4. The number of hydrogen-bond donors (Lipinski definition) is 4. The molecule has 0 heterocycles. The maximum atomic E-state index is 9.62. The Labute approximate surface area is 89.6 Å². The molecule has 12 heavy (non-hydrogen) atoms. The van der Waals surface area contributed by atoms with Crippen LogP contribution in [0.1, 0.15) is 0 Å². The molecule has 68 valence electrons. The summed E-state index contributed by atoms with van der Waals surface area (Å²) in [7, 11) is -5.29. The van der Waals surface area contributed by atoms with E-state index in [1.165, 1.54) is 0 Å². The largest absolute Gasteiger partial charge is 1.00 e. The molecule has 0 saturated carbocycles. The molecule has 0 aliphatic heterocycles. The topological polar surface area (TPSA) is 147 Å². The molecule has 0 aliphatic rings. The van der Waals surface area contributed by atoms with Gasteiger partial charge in [0.2, 0.25) is 10.4 Å². The van der Waals surface area contributed by atoms with Crippen molar-refractivity contribution in [2.45, 2.75) is 12.3 Å². The van der Waals surface area contributed by atoms with Crippen LogP contribution in [0.2, 0.25) is 0 Å². The van der Waals surface area contributed by atoms with E-state index in [1.807, 2.05) is 0 Å². The molecule has 0 amide bonds. The fourth-order valence-corrected chi connectivity index (χ4v) is 0.529. The first kappa shape index (κ1) is 15.2. The number of rotatable bonds is 3. The molecular weight excluding hydrogens is 207 g/mol. The number of aliphatic hydroxyl groups excluding tert-OH is 1. The second-order valence-electron chi connectivity index (χ2n) is 1.54. The predicted octanol–water partition coefficient (Wildman–Crippen LogP) is -6.58. The first-order chi connectivity index (χ1) is 4.63. The van der Waals surface area contributed by atoms with Crippen LogP contribution in [-0.4, -0.2) is 45.7 Å². The van der Waals surface area contributed by atoms with Gasteiger partial charge in [-0.1, -0.05) is 0 Å². The third-order valence-corrected chi connectivity index (χ3v) is 0.958. The molecule has 0 rings (SSSR count). The molecule has 1 atom stereocenters. The Bertz CT molecular complexity index is 214. The van der Waals surface area contributed by atoms with Crippen molar-refractivity contribution in [2.24, 2.45) is 0 Å². The summed E-state index contributed by atoms with van der Waals surface area (Å²) in [5.74, 6) is -3.78. The SMILES string of the molecule is O=S(=O)([O-])OC(O)C(O)(O)O.[Na+]. The minimum absolute atomic E-state index is 0. The van der Waals surface area contributed by atoms with E-state index in [4.69, 9.17) is 20.4 Å². The van der Waals surface area contributed by atoms with E-state index >= 15 is 0 Å². The second kappa shape index (κ2) is 4.81. The zero-order valence-electron chi connectivity index (χ0n) is 5.91. The van der Waals surface area contributed by atoms with Gasteiger partial charge in [-0.3, -0.25) is 0 Å². The maximum absolute atomic E-state index is 9.62. The van der Waals surface area contributed by atoms with Gasteiger partial charge in [0.15, 0.2) is 0 Å². The second-order valence-corrected chi connectivity index (χ2v) is 2.55. The molecular formula is C2H5NaO8S. The Morgan fingerprint density at radius 1 is 1.33 bits per heavy atom. The summed E-state index contributed by atoms with van der Waals surface area (Å²) in [6.07, 6.45) is -2.93. The van der Waals surface area contributed by atoms with Crippen molar-refractivity contribution >= 4 is 10.4 Å². The standard InChI is InChI=1S/C2H6O8S.Na/c3-1(2(4,5)6)10-11(7,8)9;/h1,3-6H,(H,7,8,9);/q;+1/p-1. The molecule has 0 spiro atoms. The molecule has 4 N–H and O–H groups in total. The van der Waals surface area contributed by atoms with Gasteiger partial charge in [-0.15, -0.1) is 0 Å². The van der Waals surface area contributed by atoms with Crippen LogP contribution < -0.4 is 29.6 Å². The minimum Gasteiger partial charge on any atom is -0.725 e. The van der Waals surface area contributed by atoms with Gasteiger partial charge in [0.05, 0.1) is 0 Å².